The van der Waals surface area contributed by atoms with Crippen LogP contribution >= 0.6 is 24.0 Å². The van der Waals surface area contributed by atoms with Crippen molar-refractivity contribution >= 4 is 29.9 Å². The fraction of sp³-hybridized carbons (Fsp3) is 0.750. The Morgan fingerprint density at radius 2 is 1.85 bits per heavy atom. The molecule has 2 rings (SSSR count). The lowest BCUT2D eigenvalue weighted by molar-refractivity contribution is 0.00272. The summed E-state index contributed by atoms with van der Waals surface area (Å²) < 4.78 is 11.1. The average Bonchev–Trinajstić information content (AvgIpc) is 2.99. The second-order valence-electron chi connectivity index (χ2n) is 7.04. The van der Waals surface area contributed by atoms with Crippen LogP contribution < -0.4 is 10.6 Å². The molecule has 7 heteroatoms. The summed E-state index contributed by atoms with van der Waals surface area (Å²) in [6.07, 6.45) is 2.39. The number of morpholine rings is 1. The molecule has 2 heterocycles. The van der Waals surface area contributed by atoms with Gasteiger partial charge in [0.05, 0.1) is 13.2 Å². The topological polar surface area (TPSA) is 62.0 Å². The molecule has 0 spiro atoms. The average molecular weight is 492 g/mol. The van der Waals surface area contributed by atoms with E-state index in [4.69, 9.17) is 9.15 Å². The summed E-state index contributed by atoms with van der Waals surface area (Å²) in [6, 6.07) is 2.58. The van der Waals surface area contributed by atoms with E-state index in [1.165, 1.54) is 18.4 Å². The Labute approximate surface area is 181 Å². The van der Waals surface area contributed by atoms with Crippen LogP contribution in [-0.2, 0) is 11.3 Å². The Morgan fingerprint density at radius 3 is 2.37 bits per heavy atom. The number of aliphatic imine (C=N–C) groups is 1. The predicted octanol–water partition coefficient (Wildman–Crippen LogP) is 3.32. The summed E-state index contributed by atoms with van der Waals surface area (Å²) in [5.41, 5.74) is 1.18. The molecule has 0 saturated carbocycles. The van der Waals surface area contributed by atoms with Crippen LogP contribution in [-0.4, -0.2) is 56.8 Å². The van der Waals surface area contributed by atoms with Crippen LogP contribution in [0, 0.1) is 19.8 Å². The van der Waals surface area contributed by atoms with Crippen molar-refractivity contribution in [3.8, 4) is 0 Å². The van der Waals surface area contributed by atoms with Gasteiger partial charge in [-0.2, -0.15) is 0 Å². The minimum Gasteiger partial charge on any atom is -0.466 e. The van der Waals surface area contributed by atoms with E-state index in [1.807, 2.05) is 20.9 Å². The van der Waals surface area contributed by atoms with E-state index in [1.54, 1.807) is 0 Å². The van der Waals surface area contributed by atoms with Gasteiger partial charge in [0, 0.05) is 44.8 Å². The van der Waals surface area contributed by atoms with Crippen molar-refractivity contribution in [2.45, 2.75) is 53.1 Å². The first-order chi connectivity index (χ1) is 12.6. The highest BCUT2D eigenvalue weighted by Gasteiger charge is 2.27. The molecule has 6 nitrogen and oxygen atoms in total. The van der Waals surface area contributed by atoms with Gasteiger partial charge < -0.3 is 19.8 Å². The number of nitrogens with one attached hydrogen (secondary N) is 2. The van der Waals surface area contributed by atoms with Gasteiger partial charge in [0.25, 0.3) is 0 Å². The van der Waals surface area contributed by atoms with Crippen molar-refractivity contribution in [2.24, 2.45) is 10.9 Å². The van der Waals surface area contributed by atoms with E-state index >= 15 is 0 Å². The Kier molecular flexibility index (Phi) is 11.3. The van der Waals surface area contributed by atoms with Crippen molar-refractivity contribution in [3.63, 3.8) is 0 Å². The number of ether oxygens (including phenoxy) is 1. The molecular formula is C20H37IN4O2. The van der Waals surface area contributed by atoms with Crippen LogP contribution in [0.1, 0.15) is 43.8 Å². The standard InChI is InChI=1S/C20H36N4O2.HI/c1-6-17(7-2)19(24-8-10-25-11-9-24)14-23-20(21-5)22-13-18-12-15(3)26-16(18)4;/h12,17,19H,6-11,13-14H2,1-5H3,(H2,21,22,23);1H. The molecule has 0 bridgehead atoms. The molecule has 0 aromatic carbocycles. The lowest BCUT2D eigenvalue weighted by atomic mass is 9.92. The minimum absolute atomic E-state index is 0. The molecule has 0 radical (unpaired) electrons. The van der Waals surface area contributed by atoms with Gasteiger partial charge in [0.2, 0.25) is 0 Å². The first-order valence-electron chi connectivity index (χ1n) is 9.91. The third kappa shape index (κ3) is 7.27. The van der Waals surface area contributed by atoms with E-state index in [0.717, 1.165) is 56.9 Å². The number of guanidine groups is 1. The van der Waals surface area contributed by atoms with Crippen LogP contribution in [0.5, 0.6) is 0 Å². The predicted molar refractivity (Wildman–Crippen MR) is 122 cm³/mol. The first kappa shape index (κ1) is 24.2. The van der Waals surface area contributed by atoms with Crippen molar-refractivity contribution in [3.05, 3.63) is 23.2 Å². The van der Waals surface area contributed by atoms with Crippen molar-refractivity contribution in [1.82, 2.24) is 15.5 Å². The fourth-order valence-corrected chi connectivity index (χ4v) is 3.80. The van der Waals surface area contributed by atoms with Crippen LogP contribution in [0.3, 0.4) is 0 Å². The van der Waals surface area contributed by atoms with E-state index in [9.17, 15) is 0 Å². The zero-order valence-corrected chi connectivity index (χ0v) is 19.8. The SMILES string of the molecule is CCC(CC)C(CNC(=NC)NCc1cc(C)oc1C)N1CCOCC1.I. The summed E-state index contributed by atoms with van der Waals surface area (Å²) in [7, 11) is 1.82. The van der Waals surface area contributed by atoms with Gasteiger partial charge in [-0.3, -0.25) is 9.89 Å². The maximum Gasteiger partial charge on any atom is 0.191 e. The summed E-state index contributed by atoms with van der Waals surface area (Å²) in [5, 5.41) is 6.95. The highest BCUT2D eigenvalue weighted by molar-refractivity contribution is 14.0. The Balaban J connectivity index is 0.00000364. The molecule has 0 amide bonds. The number of halogens is 1. The van der Waals surface area contributed by atoms with Crippen LogP contribution in [0.4, 0.5) is 0 Å². The lowest BCUT2D eigenvalue weighted by Gasteiger charge is -2.39. The summed E-state index contributed by atoms with van der Waals surface area (Å²) in [4.78, 5) is 6.96. The van der Waals surface area contributed by atoms with E-state index in [2.05, 4.69) is 40.4 Å². The molecule has 2 N–H and O–H groups in total. The maximum atomic E-state index is 5.60. The first-order valence-corrected chi connectivity index (χ1v) is 9.91. The normalized spacial score (nSPS) is 16.9. The van der Waals surface area contributed by atoms with Gasteiger partial charge in [-0.15, -0.1) is 24.0 Å². The number of nitrogens with zero attached hydrogens (tertiary/aromatic N) is 2. The molecule has 1 aliphatic heterocycles. The summed E-state index contributed by atoms with van der Waals surface area (Å²) in [6.45, 7) is 13.9. The maximum absolute atomic E-state index is 5.60. The van der Waals surface area contributed by atoms with Gasteiger partial charge in [-0.1, -0.05) is 26.7 Å². The van der Waals surface area contributed by atoms with Gasteiger partial charge in [0.15, 0.2) is 5.96 Å². The van der Waals surface area contributed by atoms with Crippen molar-refractivity contribution in [1.29, 1.82) is 0 Å². The smallest absolute Gasteiger partial charge is 0.191 e. The minimum atomic E-state index is 0. The zero-order chi connectivity index (χ0) is 18.9. The third-order valence-electron chi connectivity index (χ3n) is 5.40. The van der Waals surface area contributed by atoms with E-state index < -0.39 is 0 Å². The highest BCUT2D eigenvalue weighted by Crippen LogP contribution is 2.19. The third-order valence-corrected chi connectivity index (χ3v) is 5.40. The molecule has 156 valence electrons. The summed E-state index contributed by atoms with van der Waals surface area (Å²) >= 11 is 0. The van der Waals surface area contributed by atoms with Crippen LogP contribution in [0.2, 0.25) is 0 Å². The molecule has 1 atom stereocenters. The highest BCUT2D eigenvalue weighted by atomic mass is 127. The molecule has 1 aliphatic rings. The second kappa shape index (κ2) is 12.6. The molecule has 27 heavy (non-hydrogen) atoms. The van der Waals surface area contributed by atoms with Gasteiger partial charge >= 0.3 is 0 Å². The largest absolute Gasteiger partial charge is 0.466 e. The van der Waals surface area contributed by atoms with Crippen LogP contribution in [0.15, 0.2) is 15.5 Å². The quantitative estimate of drug-likeness (QED) is 0.331. The molecule has 0 aliphatic carbocycles. The number of hydrogen-bond donors (Lipinski definition) is 2. The van der Waals surface area contributed by atoms with Gasteiger partial charge in [0.1, 0.15) is 11.5 Å². The number of hydrogen-bond acceptors (Lipinski definition) is 4. The van der Waals surface area contributed by atoms with Crippen LogP contribution in [0.25, 0.3) is 0 Å². The Hall–Kier alpha value is -0.800. The van der Waals surface area contributed by atoms with Crippen molar-refractivity contribution < 1.29 is 9.15 Å². The number of aryl methyl sites for hydroxylation is 2. The monoisotopic (exact) mass is 492 g/mol. The fourth-order valence-electron chi connectivity index (χ4n) is 3.80. The van der Waals surface area contributed by atoms with Crippen molar-refractivity contribution in [2.75, 3.05) is 39.9 Å². The molecule has 1 unspecified atom stereocenters. The molecule has 1 saturated heterocycles. The van der Waals surface area contributed by atoms with E-state index in [-0.39, 0.29) is 24.0 Å². The van der Waals surface area contributed by atoms with Gasteiger partial charge in [-0.05, 0) is 25.8 Å². The zero-order valence-electron chi connectivity index (χ0n) is 17.5. The Bertz CT molecular complexity index is 566. The molecular weight excluding hydrogens is 455 g/mol. The number of furan rings is 1. The van der Waals surface area contributed by atoms with Gasteiger partial charge in [-0.25, -0.2) is 0 Å². The van der Waals surface area contributed by atoms with E-state index in [0.29, 0.717) is 12.0 Å². The Morgan fingerprint density at radius 1 is 1.19 bits per heavy atom. The molecule has 1 aromatic rings. The summed E-state index contributed by atoms with van der Waals surface area (Å²) in [5.74, 6) is 3.43. The molecule has 1 aromatic heterocycles. The second-order valence-corrected chi connectivity index (χ2v) is 7.04. The lowest BCUT2D eigenvalue weighted by Crippen LogP contribution is -2.53. The molecule has 1 fully saturated rings. The number of rotatable bonds is 8.